The summed E-state index contributed by atoms with van der Waals surface area (Å²) >= 11 is 0. The Bertz CT molecular complexity index is 922. The normalized spacial score (nSPS) is 17.3. The Hall–Kier alpha value is -1.96. The van der Waals surface area contributed by atoms with Crippen molar-refractivity contribution in [1.82, 2.24) is 14.5 Å². The van der Waals surface area contributed by atoms with Crippen molar-refractivity contribution in [3.05, 3.63) is 23.7 Å². The largest absolute Gasteiger partial charge is 0.433 e. The van der Waals surface area contributed by atoms with Crippen molar-refractivity contribution >= 4 is 16.9 Å². The third-order valence-corrected chi connectivity index (χ3v) is 5.65. The van der Waals surface area contributed by atoms with Crippen LogP contribution in [0.15, 0.2) is 12.1 Å². The SMILES string of the molecule is CC(C)(C)n1c(CCCCC(=O)C[C@@](C)(O)C2CC2)nc2ccc(C(F)(F)F)nc21. The van der Waals surface area contributed by atoms with Crippen LogP contribution in [0.25, 0.3) is 11.2 Å². The number of aryl methyl sites for hydroxylation is 1. The maximum Gasteiger partial charge on any atom is 0.433 e. The molecule has 0 aromatic carbocycles. The van der Waals surface area contributed by atoms with Gasteiger partial charge in [0.05, 0.1) is 5.60 Å². The molecular weight excluding hydrogens is 395 g/mol. The number of hydrogen-bond acceptors (Lipinski definition) is 4. The first-order valence-electron chi connectivity index (χ1n) is 10.5. The van der Waals surface area contributed by atoms with E-state index in [9.17, 15) is 23.1 Å². The number of fused-ring (bicyclic) bond motifs is 1. The first kappa shape index (κ1) is 22.7. The van der Waals surface area contributed by atoms with Gasteiger partial charge in [0.2, 0.25) is 0 Å². The van der Waals surface area contributed by atoms with Gasteiger partial charge in [-0.1, -0.05) is 0 Å². The second-order valence-electron chi connectivity index (χ2n) is 9.63. The van der Waals surface area contributed by atoms with Gasteiger partial charge in [-0.2, -0.15) is 13.2 Å². The molecule has 1 saturated carbocycles. The molecule has 3 rings (SSSR count). The highest BCUT2D eigenvalue weighted by Gasteiger charge is 2.41. The summed E-state index contributed by atoms with van der Waals surface area (Å²) in [6.45, 7) is 7.45. The molecule has 2 aromatic heterocycles. The van der Waals surface area contributed by atoms with E-state index in [0.29, 0.717) is 37.0 Å². The minimum atomic E-state index is -4.51. The van der Waals surface area contributed by atoms with Crippen LogP contribution < -0.4 is 0 Å². The van der Waals surface area contributed by atoms with Crippen LogP contribution in [-0.2, 0) is 22.9 Å². The van der Waals surface area contributed by atoms with Crippen LogP contribution in [0.3, 0.4) is 0 Å². The molecule has 1 N–H and O–H groups in total. The number of aliphatic hydroxyl groups is 1. The highest BCUT2D eigenvalue weighted by molar-refractivity contribution is 5.79. The summed E-state index contributed by atoms with van der Waals surface area (Å²) in [5.41, 5.74) is -1.66. The van der Waals surface area contributed by atoms with Gasteiger partial charge >= 0.3 is 6.18 Å². The predicted molar refractivity (Wildman–Crippen MR) is 108 cm³/mol. The molecule has 1 atom stereocenters. The summed E-state index contributed by atoms with van der Waals surface area (Å²) in [7, 11) is 0. The molecule has 1 fully saturated rings. The van der Waals surface area contributed by atoms with Crippen LogP contribution in [0.5, 0.6) is 0 Å². The van der Waals surface area contributed by atoms with Crippen LogP contribution in [0.1, 0.15) is 77.7 Å². The van der Waals surface area contributed by atoms with Crippen LogP contribution in [0.2, 0.25) is 0 Å². The van der Waals surface area contributed by atoms with E-state index in [2.05, 4.69) is 9.97 Å². The standard InChI is InChI=1S/C22H30F3N3O2/c1-20(2,3)28-18(26-16-11-12-17(22(23,24)25)27-19(16)28)8-6-5-7-15(29)13-21(4,30)14-9-10-14/h11-12,14,30H,5-10,13H2,1-4H3/t21-/m1/s1. The van der Waals surface area contributed by atoms with Gasteiger partial charge in [0.1, 0.15) is 22.8 Å². The zero-order chi connectivity index (χ0) is 22.3. The van der Waals surface area contributed by atoms with Gasteiger partial charge in [-0.3, -0.25) is 4.79 Å². The number of unbranched alkanes of at least 4 members (excludes halogenated alkanes) is 1. The Morgan fingerprint density at radius 1 is 1.13 bits per heavy atom. The van der Waals surface area contributed by atoms with Gasteiger partial charge < -0.3 is 9.67 Å². The number of hydrogen-bond donors (Lipinski definition) is 1. The number of ketones is 1. The Morgan fingerprint density at radius 2 is 1.80 bits per heavy atom. The monoisotopic (exact) mass is 425 g/mol. The smallest absolute Gasteiger partial charge is 0.389 e. The molecule has 0 amide bonds. The van der Waals surface area contributed by atoms with Gasteiger partial charge in [0.25, 0.3) is 0 Å². The minimum absolute atomic E-state index is 0.0488. The molecule has 30 heavy (non-hydrogen) atoms. The number of Topliss-reactive ketones (excluding diaryl/α,β-unsaturated/α-hetero) is 1. The lowest BCUT2D eigenvalue weighted by Crippen LogP contribution is -2.30. The number of pyridine rings is 1. The van der Waals surface area contributed by atoms with Crippen LogP contribution in [0.4, 0.5) is 13.2 Å². The van der Waals surface area contributed by atoms with E-state index in [-0.39, 0.29) is 23.8 Å². The lowest BCUT2D eigenvalue weighted by Gasteiger charge is -2.24. The molecule has 0 saturated heterocycles. The van der Waals surface area contributed by atoms with Crippen LogP contribution in [-0.4, -0.2) is 31.0 Å². The third-order valence-electron chi connectivity index (χ3n) is 5.65. The van der Waals surface area contributed by atoms with Gasteiger partial charge in [-0.25, -0.2) is 9.97 Å². The van der Waals surface area contributed by atoms with Gasteiger partial charge in [-0.15, -0.1) is 0 Å². The molecule has 0 aliphatic heterocycles. The van der Waals surface area contributed by atoms with Crippen molar-refractivity contribution in [3.8, 4) is 0 Å². The van der Waals surface area contributed by atoms with Gasteiger partial charge in [0.15, 0.2) is 5.65 Å². The molecular formula is C22H30F3N3O2. The lowest BCUT2D eigenvalue weighted by atomic mass is 9.92. The molecule has 2 aromatic rings. The zero-order valence-corrected chi connectivity index (χ0v) is 18.0. The molecule has 166 valence electrons. The van der Waals surface area contributed by atoms with E-state index in [1.807, 2.05) is 20.8 Å². The minimum Gasteiger partial charge on any atom is -0.389 e. The molecule has 0 radical (unpaired) electrons. The number of rotatable bonds is 8. The number of aromatic nitrogens is 3. The van der Waals surface area contributed by atoms with Crippen LogP contribution >= 0.6 is 0 Å². The van der Waals surface area contributed by atoms with Crippen LogP contribution in [0, 0.1) is 5.92 Å². The summed E-state index contributed by atoms with van der Waals surface area (Å²) in [6, 6.07) is 2.32. The second-order valence-corrected chi connectivity index (χ2v) is 9.63. The predicted octanol–water partition coefficient (Wildman–Crippen LogP) is 5.04. The lowest BCUT2D eigenvalue weighted by molar-refractivity contribution is -0.141. The topological polar surface area (TPSA) is 68.0 Å². The highest BCUT2D eigenvalue weighted by Crippen LogP contribution is 2.41. The summed E-state index contributed by atoms with van der Waals surface area (Å²) in [4.78, 5) is 20.6. The van der Waals surface area contributed by atoms with Gasteiger partial charge in [-0.05, 0) is 71.4 Å². The summed E-state index contributed by atoms with van der Waals surface area (Å²) in [5, 5.41) is 10.3. The number of carbonyl (C=O) groups is 1. The number of halogens is 3. The maximum absolute atomic E-state index is 13.1. The Morgan fingerprint density at radius 3 is 2.37 bits per heavy atom. The molecule has 2 heterocycles. The fourth-order valence-corrected chi connectivity index (χ4v) is 3.98. The van der Waals surface area contributed by atoms with Crippen molar-refractivity contribution < 1.29 is 23.1 Å². The quantitative estimate of drug-likeness (QED) is 0.602. The molecule has 5 nitrogen and oxygen atoms in total. The Labute approximate surface area is 174 Å². The molecule has 0 unspecified atom stereocenters. The van der Waals surface area contributed by atoms with Crippen molar-refractivity contribution in [3.63, 3.8) is 0 Å². The number of alkyl halides is 3. The Balaban J connectivity index is 1.68. The average Bonchev–Trinajstić information content (AvgIpc) is 3.38. The Kier molecular flexibility index (Phi) is 6.02. The fourth-order valence-electron chi connectivity index (χ4n) is 3.98. The number of carbonyl (C=O) groups excluding carboxylic acids is 1. The van der Waals surface area contributed by atoms with Gasteiger partial charge in [0, 0.05) is 24.8 Å². The zero-order valence-electron chi connectivity index (χ0n) is 18.0. The summed E-state index contributed by atoms with van der Waals surface area (Å²) in [6.07, 6.45) is -0.111. The molecule has 1 aliphatic carbocycles. The van der Waals surface area contributed by atoms with E-state index < -0.39 is 23.0 Å². The maximum atomic E-state index is 13.1. The summed E-state index contributed by atoms with van der Waals surface area (Å²) in [5.74, 6) is 0.955. The van der Waals surface area contributed by atoms with Crippen molar-refractivity contribution in [2.24, 2.45) is 5.92 Å². The molecule has 8 heteroatoms. The fraction of sp³-hybridized carbons (Fsp3) is 0.682. The van der Waals surface area contributed by atoms with E-state index >= 15 is 0 Å². The van der Waals surface area contributed by atoms with Crippen molar-refractivity contribution in [2.45, 2.75) is 90.0 Å². The van der Waals surface area contributed by atoms with Crippen molar-refractivity contribution in [1.29, 1.82) is 0 Å². The van der Waals surface area contributed by atoms with E-state index in [1.54, 1.807) is 11.5 Å². The average molecular weight is 425 g/mol. The second kappa shape index (κ2) is 7.94. The first-order chi connectivity index (χ1) is 13.8. The molecule has 1 aliphatic rings. The third kappa shape index (κ3) is 5.20. The van der Waals surface area contributed by atoms with Crippen molar-refractivity contribution in [2.75, 3.05) is 0 Å². The summed E-state index contributed by atoms with van der Waals surface area (Å²) < 4.78 is 41.1. The first-order valence-corrected chi connectivity index (χ1v) is 10.5. The molecule has 0 spiro atoms. The molecule has 0 bridgehead atoms. The van der Waals surface area contributed by atoms with E-state index in [0.717, 1.165) is 18.9 Å². The van der Waals surface area contributed by atoms with E-state index in [1.165, 1.54) is 6.07 Å². The number of imidazole rings is 1. The highest BCUT2D eigenvalue weighted by atomic mass is 19.4. The van der Waals surface area contributed by atoms with E-state index in [4.69, 9.17) is 0 Å². The number of nitrogens with zero attached hydrogens (tertiary/aromatic N) is 3.